The van der Waals surface area contributed by atoms with Crippen molar-refractivity contribution in [1.82, 2.24) is 0 Å². The summed E-state index contributed by atoms with van der Waals surface area (Å²) in [5.41, 5.74) is 4.21. The van der Waals surface area contributed by atoms with Gasteiger partial charge in [-0.25, -0.2) is 0 Å². The van der Waals surface area contributed by atoms with Crippen molar-refractivity contribution in [3.8, 4) is 46.0 Å². The number of carbonyl (C=O) groups is 7. The van der Waals surface area contributed by atoms with Crippen LogP contribution in [0.2, 0.25) is 0 Å². The van der Waals surface area contributed by atoms with Gasteiger partial charge in [0.1, 0.15) is 46.0 Å². The van der Waals surface area contributed by atoms with E-state index < -0.39 is 11.9 Å². The molecule has 0 aliphatic rings. The number of phenolic OH excluding ortho intramolecular Hbond substituents is 2. The van der Waals surface area contributed by atoms with Gasteiger partial charge in [-0.1, -0.05) is 7.43 Å². The molecule has 0 aliphatic carbocycles. The molecule has 18 heteroatoms. The van der Waals surface area contributed by atoms with Crippen LogP contribution in [-0.4, -0.2) is 104 Å². The standard InChI is InChI=1S/C10H11NO3.C10H11NO2.C10H13NO.C10H10O4.C10H10O3.C10H12O2.CH4/c1-7(12)14-9-4-3-8(6-11-2)10(13)5-9;1-8(12)13-10-5-3-9(4-6-10)7-11-2;1-3-12-10-6-4-9(5-7-10)8-11-2;1-6(11)9-4-3-8(5-10(9)13)14-7(2)12;1-7(11)9-3-5-10(6-4-9)13-8(2)12;1-3-12-10-6-4-9(5-7-10)8(2)11;/h3-6,13H,1-2H3;3-7H,1-2H3;4-8H,3H2,1-2H3;3-5,13H,1-2H3;3-6H,1-2H3;4-7H,3H2,1-2H3;1H4. The Balaban J connectivity index is 0.000000923. The molecule has 6 aromatic carbocycles. The zero-order chi connectivity index (χ0) is 58.6. The van der Waals surface area contributed by atoms with Crippen molar-refractivity contribution in [1.29, 1.82) is 0 Å². The minimum atomic E-state index is -0.472. The third-order valence-corrected chi connectivity index (χ3v) is 9.13. The lowest BCUT2D eigenvalue weighted by Crippen LogP contribution is -2.02. The first-order valence-corrected chi connectivity index (χ1v) is 23.9. The molecular formula is C61H71N3O15. The SMILES string of the molecule is C.CC(=O)Oc1ccc(C(C)=O)c(O)c1.CC(=O)Oc1ccc(C(C)=O)cc1.CCOc1ccc(C(C)=O)cc1.CCOc1ccc(C=NC)cc1.CN=Cc1ccc(OC(C)=O)cc1.CN=Cc1ccc(OC(C)=O)cc1O. The van der Waals surface area contributed by atoms with Crippen LogP contribution < -0.4 is 28.4 Å². The number of ether oxygens (including phenoxy) is 6. The van der Waals surface area contributed by atoms with Crippen LogP contribution in [0.4, 0.5) is 0 Å². The minimum absolute atomic E-state index is 0. The molecule has 0 saturated carbocycles. The molecule has 0 unspecified atom stereocenters. The normalized spacial score (nSPS) is 9.82. The molecular weight excluding hydrogens is 1010 g/mol. The molecule has 18 nitrogen and oxygen atoms in total. The highest BCUT2D eigenvalue weighted by molar-refractivity contribution is 5.97. The molecule has 0 aliphatic heterocycles. The zero-order valence-electron chi connectivity index (χ0n) is 45.9. The van der Waals surface area contributed by atoms with Gasteiger partial charge >= 0.3 is 23.9 Å². The van der Waals surface area contributed by atoms with E-state index in [2.05, 4.69) is 15.0 Å². The number of esters is 4. The molecule has 0 radical (unpaired) electrons. The largest absolute Gasteiger partial charge is 0.507 e. The van der Waals surface area contributed by atoms with Gasteiger partial charge in [0.05, 0.1) is 18.8 Å². The summed E-state index contributed by atoms with van der Waals surface area (Å²) in [6.07, 6.45) is 5.07. The first-order valence-electron chi connectivity index (χ1n) is 23.9. The molecule has 0 aromatic heterocycles. The average molecular weight is 1090 g/mol. The lowest BCUT2D eigenvalue weighted by atomic mass is 10.1. The van der Waals surface area contributed by atoms with Crippen LogP contribution in [0.1, 0.15) is 118 Å². The van der Waals surface area contributed by atoms with Crippen LogP contribution in [0.25, 0.3) is 0 Å². The molecule has 0 heterocycles. The molecule has 0 amide bonds. The summed E-state index contributed by atoms with van der Waals surface area (Å²) in [4.78, 5) is 86.5. The topological polar surface area (TPSA) is 252 Å². The number of rotatable bonds is 14. The number of phenols is 2. The summed E-state index contributed by atoms with van der Waals surface area (Å²) in [7, 11) is 5.08. The van der Waals surface area contributed by atoms with E-state index in [0.717, 1.165) is 28.2 Å². The van der Waals surface area contributed by atoms with Crippen molar-refractivity contribution in [2.45, 2.75) is 69.7 Å². The van der Waals surface area contributed by atoms with Crippen molar-refractivity contribution in [2.24, 2.45) is 15.0 Å². The first kappa shape index (κ1) is 69.4. The Morgan fingerprint density at radius 1 is 0.392 bits per heavy atom. The highest BCUT2D eigenvalue weighted by atomic mass is 16.5. The van der Waals surface area contributed by atoms with E-state index in [1.807, 2.05) is 56.5 Å². The summed E-state index contributed by atoms with van der Waals surface area (Å²) < 4.78 is 29.7. The Kier molecular flexibility index (Phi) is 34.2. The Hall–Kier alpha value is -9.58. The van der Waals surface area contributed by atoms with Gasteiger partial charge in [-0.15, -0.1) is 0 Å². The Morgan fingerprint density at radius 3 is 1.00 bits per heavy atom. The monoisotopic (exact) mass is 1090 g/mol. The fourth-order valence-corrected chi connectivity index (χ4v) is 5.82. The molecule has 6 rings (SSSR count). The number of carbonyl (C=O) groups excluding carboxylic acids is 7. The van der Waals surface area contributed by atoms with Crippen LogP contribution >= 0.6 is 0 Å². The number of aliphatic imine (C=N–C) groups is 3. The summed E-state index contributed by atoms with van der Waals surface area (Å²) in [5, 5.41) is 18.8. The third-order valence-electron chi connectivity index (χ3n) is 9.13. The summed E-state index contributed by atoms with van der Waals surface area (Å²) in [6.45, 7) is 14.9. The second kappa shape index (κ2) is 38.9. The van der Waals surface area contributed by atoms with Crippen LogP contribution in [0.3, 0.4) is 0 Å². The maximum atomic E-state index is 10.9. The molecule has 0 atom stereocenters. The van der Waals surface area contributed by atoms with Crippen molar-refractivity contribution >= 4 is 59.9 Å². The van der Waals surface area contributed by atoms with Gasteiger partial charge in [0, 0.05) is 96.3 Å². The fourth-order valence-electron chi connectivity index (χ4n) is 5.82. The van der Waals surface area contributed by atoms with E-state index in [1.165, 1.54) is 72.0 Å². The summed E-state index contributed by atoms with van der Waals surface area (Å²) in [5.74, 6) is 1.40. The number of ketones is 3. The van der Waals surface area contributed by atoms with Crippen molar-refractivity contribution in [3.05, 3.63) is 167 Å². The number of Topliss-reactive ketones (excluding diaryl/α,β-unsaturated/α-hetero) is 3. The average Bonchev–Trinajstić information content (AvgIpc) is 3.37. The van der Waals surface area contributed by atoms with Crippen LogP contribution in [0.15, 0.2) is 148 Å². The summed E-state index contributed by atoms with van der Waals surface area (Å²) >= 11 is 0. The third kappa shape index (κ3) is 30.5. The van der Waals surface area contributed by atoms with Crippen LogP contribution in [-0.2, 0) is 19.2 Å². The van der Waals surface area contributed by atoms with Gasteiger partial charge in [0.2, 0.25) is 0 Å². The van der Waals surface area contributed by atoms with E-state index in [-0.39, 0.29) is 59.5 Å². The van der Waals surface area contributed by atoms with E-state index in [0.29, 0.717) is 41.6 Å². The maximum Gasteiger partial charge on any atom is 0.308 e. The quantitative estimate of drug-likeness (QED) is 0.0445. The number of nitrogens with zero attached hydrogens (tertiary/aromatic N) is 3. The molecule has 0 saturated heterocycles. The highest BCUT2D eigenvalue weighted by Gasteiger charge is 2.09. The second-order valence-electron chi connectivity index (χ2n) is 15.7. The van der Waals surface area contributed by atoms with Crippen LogP contribution in [0, 0.1) is 0 Å². The highest BCUT2D eigenvalue weighted by Crippen LogP contribution is 2.25. The van der Waals surface area contributed by atoms with Crippen molar-refractivity contribution in [3.63, 3.8) is 0 Å². The van der Waals surface area contributed by atoms with Gasteiger partial charge in [-0.05, 0) is 167 Å². The number of hydrogen-bond acceptors (Lipinski definition) is 18. The molecule has 6 aromatic rings. The van der Waals surface area contributed by atoms with Gasteiger partial charge in [0.25, 0.3) is 0 Å². The Labute approximate surface area is 462 Å². The van der Waals surface area contributed by atoms with Crippen molar-refractivity contribution in [2.75, 3.05) is 34.4 Å². The Morgan fingerprint density at radius 2 is 0.696 bits per heavy atom. The van der Waals surface area contributed by atoms with Gasteiger partial charge in [0.15, 0.2) is 17.3 Å². The first-order chi connectivity index (χ1) is 37.0. The molecule has 420 valence electrons. The lowest BCUT2D eigenvalue weighted by molar-refractivity contribution is -0.132. The second-order valence-corrected chi connectivity index (χ2v) is 15.7. The van der Waals surface area contributed by atoms with Gasteiger partial charge in [-0.2, -0.15) is 0 Å². The predicted molar refractivity (Wildman–Crippen MR) is 307 cm³/mol. The van der Waals surface area contributed by atoms with E-state index >= 15 is 0 Å². The van der Waals surface area contributed by atoms with Gasteiger partial charge < -0.3 is 38.6 Å². The maximum absolute atomic E-state index is 10.9. The molecule has 0 fully saturated rings. The zero-order valence-corrected chi connectivity index (χ0v) is 45.9. The van der Waals surface area contributed by atoms with E-state index in [9.17, 15) is 43.8 Å². The van der Waals surface area contributed by atoms with E-state index in [4.69, 9.17) is 28.4 Å². The predicted octanol–water partition coefficient (Wildman–Crippen LogP) is 11.4. The minimum Gasteiger partial charge on any atom is -0.507 e. The smallest absolute Gasteiger partial charge is 0.308 e. The van der Waals surface area contributed by atoms with Crippen molar-refractivity contribution < 1.29 is 72.2 Å². The fraction of sp³-hybridized carbons (Fsp3) is 0.246. The van der Waals surface area contributed by atoms with Gasteiger partial charge in [-0.3, -0.25) is 48.5 Å². The molecule has 0 spiro atoms. The number of aromatic hydroxyl groups is 2. The molecule has 79 heavy (non-hydrogen) atoms. The Bertz CT molecular complexity index is 2950. The lowest BCUT2D eigenvalue weighted by Gasteiger charge is -2.04. The molecule has 2 N–H and O–H groups in total. The summed E-state index contributed by atoms with van der Waals surface area (Å²) in [6, 6.07) is 37.3. The van der Waals surface area contributed by atoms with E-state index in [1.54, 1.807) is 107 Å². The number of hydrogen-bond donors (Lipinski definition) is 2. The van der Waals surface area contributed by atoms with Crippen LogP contribution in [0.5, 0.6) is 46.0 Å². The number of benzene rings is 6. The molecule has 0 bridgehead atoms.